The highest BCUT2D eigenvalue weighted by Crippen LogP contribution is 2.39. The van der Waals surface area contributed by atoms with Crippen LogP contribution in [0.2, 0.25) is 0 Å². The number of fused-ring (bicyclic) bond motifs is 3. The molecule has 3 heteroatoms. The van der Waals surface area contributed by atoms with Crippen molar-refractivity contribution in [3.63, 3.8) is 0 Å². The third kappa shape index (κ3) is 1.60. The molecule has 3 nitrogen and oxygen atoms in total. The lowest BCUT2D eigenvalue weighted by atomic mass is 9.73. The van der Waals surface area contributed by atoms with Gasteiger partial charge in [0.1, 0.15) is 0 Å². The number of ether oxygens (including phenoxy) is 1. The maximum atomic E-state index is 11.6. The second-order valence-corrected chi connectivity index (χ2v) is 4.56. The van der Waals surface area contributed by atoms with Gasteiger partial charge in [0.25, 0.3) is 0 Å². The minimum atomic E-state index is -0.103. The van der Waals surface area contributed by atoms with Crippen molar-refractivity contribution in [2.24, 2.45) is 11.8 Å². The summed E-state index contributed by atoms with van der Waals surface area (Å²) in [5.74, 6) is 1.50. The number of carbonyl (C=O) groups is 1. The van der Waals surface area contributed by atoms with Gasteiger partial charge in [0.05, 0.1) is 6.61 Å². The van der Waals surface area contributed by atoms with E-state index in [4.69, 9.17) is 4.74 Å². The van der Waals surface area contributed by atoms with Crippen molar-refractivity contribution in [1.82, 2.24) is 4.90 Å². The number of rotatable bonds is 1. The van der Waals surface area contributed by atoms with Gasteiger partial charge in [0.15, 0.2) is 0 Å². The van der Waals surface area contributed by atoms with Gasteiger partial charge in [0, 0.05) is 12.6 Å². The second kappa shape index (κ2) is 3.79. The lowest BCUT2D eigenvalue weighted by molar-refractivity contribution is 0.00702. The van der Waals surface area contributed by atoms with E-state index >= 15 is 0 Å². The smallest absolute Gasteiger partial charge is 0.410 e. The molecule has 14 heavy (non-hydrogen) atoms. The largest absolute Gasteiger partial charge is 0.450 e. The maximum absolute atomic E-state index is 11.6. The van der Waals surface area contributed by atoms with E-state index in [2.05, 4.69) is 6.92 Å². The standard InChI is InChI=1S/C11H19NO2/c1-3-14-11(13)12-7-9-4-5-10(12)6-8(9)2/h8-10H,3-7H2,1-2H3/t8?,9-,10?/m0/s1. The van der Waals surface area contributed by atoms with Gasteiger partial charge >= 0.3 is 6.09 Å². The molecule has 2 unspecified atom stereocenters. The number of hydrogen-bond acceptors (Lipinski definition) is 2. The molecular formula is C11H19NO2. The molecule has 80 valence electrons. The van der Waals surface area contributed by atoms with Gasteiger partial charge in [0.2, 0.25) is 0 Å². The van der Waals surface area contributed by atoms with E-state index in [-0.39, 0.29) is 6.09 Å². The van der Waals surface area contributed by atoms with E-state index in [1.165, 1.54) is 19.3 Å². The molecule has 3 fully saturated rings. The first kappa shape index (κ1) is 9.81. The zero-order valence-electron chi connectivity index (χ0n) is 9.03. The number of hydrogen-bond donors (Lipinski definition) is 0. The van der Waals surface area contributed by atoms with Crippen LogP contribution in [0.5, 0.6) is 0 Å². The first-order chi connectivity index (χ1) is 6.72. The van der Waals surface area contributed by atoms with Gasteiger partial charge in [-0.05, 0) is 38.0 Å². The number of piperidine rings is 2. The summed E-state index contributed by atoms with van der Waals surface area (Å²) in [7, 11) is 0. The van der Waals surface area contributed by atoms with Crippen LogP contribution in [0.1, 0.15) is 33.1 Å². The average molecular weight is 197 g/mol. The van der Waals surface area contributed by atoms with Crippen LogP contribution in [0.25, 0.3) is 0 Å². The fourth-order valence-corrected chi connectivity index (χ4v) is 2.82. The first-order valence-corrected chi connectivity index (χ1v) is 5.65. The van der Waals surface area contributed by atoms with E-state index in [0.717, 1.165) is 12.5 Å². The van der Waals surface area contributed by atoms with E-state index in [9.17, 15) is 4.79 Å². The van der Waals surface area contributed by atoms with Crippen LogP contribution in [0.4, 0.5) is 4.79 Å². The Labute approximate surface area is 85.4 Å². The molecule has 1 aliphatic carbocycles. The highest BCUT2D eigenvalue weighted by molar-refractivity contribution is 5.68. The molecule has 1 saturated carbocycles. The van der Waals surface area contributed by atoms with Crippen LogP contribution in [0, 0.1) is 11.8 Å². The van der Waals surface area contributed by atoms with Crippen molar-refractivity contribution < 1.29 is 9.53 Å². The van der Waals surface area contributed by atoms with Crippen LogP contribution < -0.4 is 0 Å². The van der Waals surface area contributed by atoms with E-state index in [0.29, 0.717) is 18.6 Å². The van der Waals surface area contributed by atoms with Crippen molar-refractivity contribution in [1.29, 1.82) is 0 Å². The Balaban J connectivity index is 1.99. The topological polar surface area (TPSA) is 29.5 Å². The molecule has 0 N–H and O–H groups in total. The SMILES string of the molecule is CCOC(=O)N1C[C@@H]2CCC1CC2C. The predicted octanol–water partition coefficient (Wildman–Crippen LogP) is 2.26. The van der Waals surface area contributed by atoms with E-state index in [1.54, 1.807) is 0 Å². The van der Waals surface area contributed by atoms with Crippen LogP contribution in [0.15, 0.2) is 0 Å². The van der Waals surface area contributed by atoms with Gasteiger partial charge in [-0.2, -0.15) is 0 Å². The highest BCUT2D eigenvalue weighted by Gasteiger charge is 2.40. The minimum absolute atomic E-state index is 0.103. The predicted molar refractivity (Wildman–Crippen MR) is 54.0 cm³/mol. The first-order valence-electron chi connectivity index (χ1n) is 5.65. The molecule has 0 spiro atoms. The maximum Gasteiger partial charge on any atom is 0.410 e. The molecule has 2 saturated heterocycles. The fourth-order valence-electron chi connectivity index (χ4n) is 2.82. The summed E-state index contributed by atoms with van der Waals surface area (Å²) in [5, 5.41) is 0. The average Bonchev–Trinajstić information content (AvgIpc) is 2.18. The summed E-state index contributed by atoms with van der Waals surface area (Å²) in [4.78, 5) is 13.5. The van der Waals surface area contributed by atoms with Crippen molar-refractivity contribution in [3.05, 3.63) is 0 Å². The Bertz CT molecular complexity index is 229. The summed E-state index contributed by atoms with van der Waals surface area (Å²) < 4.78 is 5.06. The number of amides is 1. The molecule has 2 heterocycles. The van der Waals surface area contributed by atoms with Crippen molar-refractivity contribution >= 4 is 6.09 Å². The molecule has 0 aromatic heterocycles. The third-order valence-corrected chi connectivity index (χ3v) is 3.69. The molecule has 3 aliphatic rings. The molecule has 3 atom stereocenters. The Morgan fingerprint density at radius 1 is 1.50 bits per heavy atom. The molecule has 2 bridgehead atoms. The fraction of sp³-hybridized carbons (Fsp3) is 0.909. The lowest BCUT2D eigenvalue weighted by Crippen LogP contribution is -2.53. The zero-order chi connectivity index (χ0) is 10.1. The van der Waals surface area contributed by atoms with Crippen molar-refractivity contribution in [2.45, 2.75) is 39.2 Å². The number of carbonyl (C=O) groups excluding carboxylic acids is 1. The van der Waals surface area contributed by atoms with Crippen LogP contribution >= 0.6 is 0 Å². The van der Waals surface area contributed by atoms with Gasteiger partial charge < -0.3 is 9.64 Å². The summed E-state index contributed by atoms with van der Waals surface area (Å²) in [6, 6.07) is 0.453. The second-order valence-electron chi connectivity index (χ2n) is 4.56. The number of nitrogens with zero attached hydrogens (tertiary/aromatic N) is 1. The normalized spacial score (nSPS) is 35.9. The molecule has 1 amide bonds. The van der Waals surface area contributed by atoms with Crippen molar-refractivity contribution in [3.8, 4) is 0 Å². The molecule has 0 aromatic carbocycles. The summed E-state index contributed by atoms with van der Waals surface area (Å²) in [6.45, 7) is 5.58. The monoisotopic (exact) mass is 197 g/mol. The Morgan fingerprint density at radius 2 is 2.29 bits per heavy atom. The quantitative estimate of drug-likeness (QED) is 0.645. The highest BCUT2D eigenvalue weighted by atomic mass is 16.6. The third-order valence-electron chi connectivity index (χ3n) is 3.69. The zero-order valence-corrected chi connectivity index (χ0v) is 9.03. The van der Waals surface area contributed by atoms with Gasteiger partial charge in [-0.25, -0.2) is 4.79 Å². The molecule has 3 rings (SSSR count). The van der Waals surface area contributed by atoms with Gasteiger partial charge in [-0.1, -0.05) is 6.92 Å². The van der Waals surface area contributed by atoms with Gasteiger partial charge in [-0.3, -0.25) is 0 Å². The van der Waals surface area contributed by atoms with Gasteiger partial charge in [-0.15, -0.1) is 0 Å². The molecule has 0 aromatic rings. The summed E-state index contributed by atoms with van der Waals surface area (Å²) in [5.41, 5.74) is 0. The van der Waals surface area contributed by atoms with E-state index < -0.39 is 0 Å². The van der Waals surface area contributed by atoms with Crippen LogP contribution in [0.3, 0.4) is 0 Å². The van der Waals surface area contributed by atoms with Crippen molar-refractivity contribution in [2.75, 3.05) is 13.2 Å². The Morgan fingerprint density at radius 3 is 2.79 bits per heavy atom. The summed E-state index contributed by atoms with van der Waals surface area (Å²) >= 11 is 0. The summed E-state index contributed by atoms with van der Waals surface area (Å²) in [6.07, 6.45) is 3.54. The van der Waals surface area contributed by atoms with Crippen LogP contribution in [-0.2, 0) is 4.74 Å². The molecule has 2 aliphatic heterocycles. The molecular weight excluding hydrogens is 178 g/mol. The lowest BCUT2D eigenvalue weighted by Gasteiger charge is -2.47. The Hall–Kier alpha value is -0.730. The Kier molecular flexibility index (Phi) is 2.66. The minimum Gasteiger partial charge on any atom is -0.450 e. The van der Waals surface area contributed by atoms with E-state index in [1.807, 2.05) is 11.8 Å². The van der Waals surface area contributed by atoms with Crippen LogP contribution in [-0.4, -0.2) is 30.2 Å². The molecule has 0 radical (unpaired) electrons.